The third-order valence-electron chi connectivity index (χ3n) is 4.10. The summed E-state index contributed by atoms with van der Waals surface area (Å²) >= 11 is 0. The normalized spacial score (nSPS) is 10.9. The molecule has 25 heavy (non-hydrogen) atoms. The Kier molecular flexibility index (Phi) is 4.39. The summed E-state index contributed by atoms with van der Waals surface area (Å²) in [7, 11) is 1.78. The molecule has 0 aliphatic rings. The number of hydrogen-bond donors (Lipinski definition) is 1. The smallest absolute Gasteiger partial charge is 0.259 e. The molecule has 0 atom stereocenters. The first kappa shape index (κ1) is 16.9. The lowest BCUT2D eigenvalue weighted by atomic mass is 10.2. The molecule has 2 heterocycles. The molecule has 0 aliphatic carbocycles. The Morgan fingerprint density at radius 1 is 1.20 bits per heavy atom. The number of rotatable bonds is 4. The van der Waals surface area contributed by atoms with Gasteiger partial charge in [-0.2, -0.15) is 10.2 Å². The molecule has 0 fully saturated rings. The van der Waals surface area contributed by atoms with Gasteiger partial charge in [-0.15, -0.1) is 0 Å². The molecule has 1 amide bonds. The van der Waals surface area contributed by atoms with Crippen LogP contribution in [0.1, 0.15) is 33.0 Å². The van der Waals surface area contributed by atoms with E-state index >= 15 is 0 Å². The van der Waals surface area contributed by atoms with E-state index in [-0.39, 0.29) is 11.7 Å². The number of amides is 1. The van der Waals surface area contributed by atoms with Crippen molar-refractivity contribution in [2.75, 3.05) is 5.32 Å². The molecule has 6 nitrogen and oxygen atoms in total. The van der Waals surface area contributed by atoms with Crippen LogP contribution in [0.3, 0.4) is 0 Å². The molecule has 1 aromatic carbocycles. The van der Waals surface area contributed by atoms with Crippen molar-refractivity contribution in [1.82, 2.24) is 19.6 Å². The standard InChI is InChI=1S/C18H20FN5O/c1-11-16(10-23(4)21-11)18(25)20-17-12(2)22-24(13(17)3)9-14-6-5-7-15(19)8-14/h5-8,10H,9H2,1-4H3,(H,20,25). The first-order valence-electron chi connectivity index (χ1n) is 7.95. The maximum atomic E-state index is 13.4. The van der Waals surface area contributed by atoms with E-state index < -0.39 is 0 Å². The number of nitrogens with zero attached hydrogens (tertiary/aromatic N) is 4. The van der Waals surface area contributed by atoms with Gasteiger partial charge in [0, 0.05) is 13.2 Å². The van der Waals surface area contributed by atoms with Gasteiger partial charge in [-0.25, -0.2) is 4.39 Å². The first-order valence-corrected chi connectivity index (χ1v) is 7.95. The third kappa shape index (κ3) is 3.45. The molecule has 130 valence electrons. The monoisotopic (exact) mass is 341 g/mol. The Labute approximate surface area is 145 Å². The molecule has 0 radical (unpaired) electrons. The van der Waals surface area contributed by atoms with Crippen LogP contribution in [0.2, 0.25) is 0 Å². The molecule has 0 bridgehead atoms. The zero-order valence-corrected chi connectivity index (χ0v) is 14.7. The zero-order chi connectivity index (χ0) is 18.1. The Balaban J connectivity index is 1.84. The molecule has 0 unspecified atom stereocenters. The average Bonchev–Trinajstić information content (AvgIpc) is 3.01. The molecule has 0 saturated carbocycles. The number of carbonyl (C=O) groups is 1. The fourth-order valence-electron chi connectivity index (χ4n) is 2.84. The van der Waals surface area contributed by atoms with Crippen LogP contribution >= 0.6 is 0 Å². The molecule has 2 aromatic heterocycles. The Hall–Kier alpha value is -2.96. The van der Waals surface area contributed by atoms with Crippen LogP contribution in [-0.2, 0) is 13.6 Å². The lowest BCUT2D eigenvalue weighted by Crippen LogP contribution is -2.14. The quantitative estimate of drug-likeness (QED) is 0.793. The predicted octanol–water partition coefficient (Wildman–Crippen LogP) is 2.98. The second-order valence-electron chi connectivity index (χ2n) is 6.09. The van der Waals surface area contributed by atoms with Crippen LogP contribution in [0.5, 0.6) is 0 Å². The van der Waals surface area contributed by atoms with Crippen LogP contribution in [0, 0.1) is 26.6 Å². The van der Waals surface area contributed by atoms with Gasteiger partial charge >= 0.3 is 0 Å². The van der Waals surface area contributed by atoms with Gasteiger partial charge in [-0.05, 0) is 38.5 Å². The van der Waals surface area contributed by atoms with Gasteiger partial charge < -0.3 is 5.32 Å². The largest absolute Gasteiger partial charge is 0.319 e. The third-order valence-corrected chi connectivity index (χ3v) is 4.10. The average molecular weight is 341 g/mol. The van der Waals surface area contributed by atoms with Crippen molar-refractivity contribution in [3.05, 3.63) is 64.5 Å². The van der Waals surface area contributed by atoms with Gasteiger partial charge in [0.2, 0.25) is 0 Å². The Bertz CT molecular complexity index is 941. The van der Waals surface area contributed by atoms with Gasteiger partial charge in [0.1, 0.15) is 5.82 Å². The van der Waals surface area contributed by atoms with E-state index in [4.69, 9.17) is 0 Å². The summed E-state index contributed by atoms with van der Waals surface area (Å²) in [4.78, 5) is 12.5. The fourth-order valence-corrected chi connectivity index (χ4v) is 2.84. The van der Waals surface area contributed by atoms with Crippen LogP contribution in [-0.4, -0.2) is 25.5 Å². The van der Waals surface area contributed by atoms with E-state index in [2.05, 4.69) is 15.5 Å². The minimum atomic E-state index is -0.278. The lowest BCUT2D eigenvalue weighted by molar-refractivity contribution is 0.102. The molecular weight excluding hydrogens is 321 g/mol. The van der Waals surface area contributed by atoms with Crippen molar-refractivity contribution in [3.8, 4) is 0 Å². The number of aromatic nitrogens is 4. The summed E-state index contributed by atoms with van der Waals surface area (Å²) in [5.41, 5.74) is 4.21. The summed E-state index contributed by atoms with van der Waals surface area (Å²) in [6, 6.07) is 6.40. The van der Waals surface area contributed by atoms with E-state index in [9.17, 15) is 9.18 Å². The maximum Gasteiger partial charge on any atom is 0.259 e. The number of anilines is 1. The highest BCUT2D eigenvalue weighted by atomic mass is 19.1. The Morgan fingerprint density at radius 3 is 2.60 bits per heavy atom. The van der Waals surface area contributed by atoms with Gasteiger partial charge in [-0.3, -0.25) is 14.2 Å². The van der Waals surface area contributed by atoms with Crippen LogP contribution < -0.4 is 5.32 Å². The minimum Gasteiger partial charge on any atom is -0.319 e. The van der Waals surface area contributed by atoms with Gasteiger partial charge in [0.25, 0.3) is 5.91 Å². The lowest BCUT2D eigenvalue weighted by Gasteiger charge is -2.07. The molecule has 1 N–H and O–H groups in total. The van der Waals surface area contributed by atoms with E-state index in [0.29, 0.717) is 29.2 Å². The molecule has 0 aliphatic heterocycles. The van der Waals surface area contributed by atoms with Crippen LogP contribution in [0.4, 0.5) is 10.1 Å². The highest BCUT2D eigenvalue weighted by Crippen LogP contribution is 2.22. The van der Waals surface area contributed by atoms with Crippen molar-refractivity contribution in [1.29, 1.82) is 0 Å². The van der Waals surface area contributed by atoms with Crippen molar-refractivity contribution in [2.24, 2.45) is 7.05 Å². The van der Waals surface area contributed by atoms with Gasteiger partial charge in [-0.1, -0.05) is 12.1 Å². The van der Waals surface area contributed by atoms with Crippen molar-refractivity contribution >= 4 is 11.6 Å². The number of aryl methyl sites for hydroxylation is 3. The molecule has 0 spiro atoms. The minimum absolute atomic E-state index is 0.220. The SMILES string of the molecule is Cc1nn(C)cc1C(=O)Nc1c(C)nn(Cc2cccc(F)c2)c1C. The van der Waals surface area contributed by atoms with Crippen molar-refractivity contribution in [3.63, 3.8) is 0 Å². The number of carbonyl (C=O) groups excluding carboxylic acids is 1. The number of nitrogens with one attached hydrogen (secondary N) is 1. The van der Waals surface area contributed by atoms with Crippen LogP contribution in [0.25, 0.3) is 0 Å². The van der Waals surface area contributed by atoms with Gasteiger partial charge in [0.05, 0.1) is 34.9 Å². The fraction of sp³-hybridized carbons (Fsp3) is 0.278. The van der Waals surface area contributed by atoms with Gasteiger partial charge in [0.15, 0.2) is 0 Å². The van der Waals surface area contributed by atoms with Crippen molar-refractivity contribution in [2.45, 2.75) is 27.3 Å². The van der Waals surface area contributed by atoms with E-state index in [0.717, 1.165) is 11.3 Å². The highest BCUT2D eigenvalue weighted by Gasteiger charge is 2.18. The highest BCUT2D eigenvalue weighted by molar-refractivity contribution is 6.05. The Morgan fingerprint density at radius 2 is 1.96 bits per heavy atom. The zero-order valence-electron chi connectivity index (χ0n) is 14.7. The summed E-state index contributed by atoms with van der Waals surface area (Å²) in [6.07, 6.45) is 1.69. The summed E-state index contributed by atoms with van der Waals surface area (Å²) < 4.78 is 16.7. The molecular formula is C18H20FN5O. The second-order valence-corrected chi connectivity index (χ2v) is 6.09. The van der Waals surface area contributed by atoms with Crippen molar-refractivity contribution < 1.29 is 9.18 Å². The molecule has 7 heteroatoms. The second kappa shape index (κ2) is 6.51. The number of hydrogen-bond acceptors (Lipinski definition) is 3. The first-order chi connectivity index (χ1) is 11.8. The molecule has 3 aromatic rings. The molecule has 0 saturated heterocycles. The number of benzene rings is 1. The predicted molar refractivity (Wildman–Crippen MR) is 93.1 cm³/mol. The van der Waals surface area contributed by atoms with E-state index in [1.54, 1.807) is 35.6 Å². The maximum absolute atomic E-state index is 13.4. The van der Waals surface area contributed by atoms with Crippen LogP contribution in [0.15, 0.2) is 30.5 Å². The van der Waals surface area contributed by atoms with E-state index in [1.165, 1.54) is 12.1 Å². The summed E-state index contributed by atoms with van der Waals surface area (Å²) in [5.74, 6) is -0.498. The molecule has 3 rings (SSSR count). The topological polar surface area (TPSA) is 64.7 Å². The number of halogens is 1. The van der Waals surface area contributed by atoms with E-state index in [1.807, 2.05) is 19.9 Å². The summed E-state index contributed by atoms with van der Waals surface area (Å²) in [6.45, 7) is 5.94. The summed E-state index contributed by atoms with van der Waals surface area (Å²) in [5, 5.41) is 11.6.